The zero-order valence-electron chi connectivity index (χ0n) is 17.4. The van der Waals surface area contributed by atoms with Crippen LogP contribution in [0.3, 0.4) is 0 Å². The van der Waals surface area contributed by atoms with Crippen molar-refractivity contribution in [2.75, 3.05) is 26.2 Å². The number of imidazole rings is 1. The van der Waals surface area contributed by atoms with Gasteiger partial charge >= 0.3 is 0 Å². The number of likely N-dealkylation sites (tertiary alicyclic amines) is 1. The Morgan fingerprint density at radius 3 is 2.73 bits per heavy atom. The Bertz CT molecular complexity index is 914. The van der Waals surface area contributed by atoms with Gasteiger partial charge in [0.1, 0.15) is 6.04 Å². The number of carbonyl (C=O) groups excluding carboxylic acids is 2. The van der Waals surface area contributed by atoms with Crippen molar-refractivity contribution in [3.63, 3.8) is 0 Å². The SMILES string of the molecule is CC(C)C(C(=O)NCCCN1CCCC(C(N)=O)C1)n1cnc2cc(F)c(F)cc21. The predicted octanol–water partition coefficient (Wildman–Crippen LogP) is 2.22. The number of nitrogens with zero attached hydrogens (tertiary/aromatic N) is 3. The molecule has 2 heterocycles. The number of halogens is 2. The Morgan fingerprint density at radius 1 is 1.30 bits per heavy atom. The highest BCUT2D eigenvalue weighted by atomic mass is 19.2. The third kappa shape index (κ3) is 4.95. The van der Waals surface area contributed by atoms with Gasteiger partial charge in [0, 0.05) is 25.2 Å². The van der Waals surface area contributed by atoms with E-state index in [0.717, 1.165) is 44.5 Å². The van der Waals surface area contributed by atoms with E-state index in [1.807, 2.05) is 13.8 Å². The molecule has 30 heavy (non-hydrogen) atoms. The van der Waals surface area contributed by atoms with Crippen LogP contribution in [0.15, 0.2) is 18.5 Å². The van der Waals surface area contributed by atoms with Crippen LogP contribution in [0.25, 0.3) is 11.0 Å². The standard InChI is InChI=1S/C21H29F2N5O2/c1-13(2)19(28-12-26-17-9-15(22)16(23)10-18(17)28)21(30)25-6-4-8-27-7-3-5-14(11-27)20(24)29/h9-10,12-14,19H,3-8,11H2,1-2H3,(H2,24,29)(H,25,30). The number of amides is 2. The summed E-state index contributed by atoms with van der Waals surface area (Å²) in [6.07, 6.45) is 3.97. The van der Waals surface area contributed by atoms with E-state index >= 15 is 0 Å². The van der Waals surface area contributed by atoms with Crippen molar-refractivity contribution in [2.24, 2.45) is 17.6 Å². The number of primary amides is 1. The summed E-state index contributed by atoms with van der Waals surface area (Å²) < 4.78 is 28.8. The Morgan fingerprint density at radius 2 is 2.03 bits per heavy atom. The highest BCUT2D eigenvalue weighted by Crippen LogP contribution is 2.25. The van der Waals surface area contributed by atoms with E-state index in [1.165, 1.54) is 6.33 Å². The van der Waals surface area contributed by atoms with Crippen LogP contribution in [-0.4, -0.2) is 52.4 Å². The molecule has 0 bridgehead atoms. The average molecular weight is 421 g/mol. The molecule has 9 heteroatoms. The third-order valence-electron chi connectivity index (χ3n) is 5.67. The highest BCUT2D eigenvalue weighted by molar-refractivity contribution is 5.84. The zero-order chi connectivity index (χ0) is 21.8. The molecule has 2 aromatic rings. The summed E-state index contributed by atoms with van der Waals surface area (Å²) in [5.74, 6) is -2.55. The van der Waals surface area contributed by atoms with Crippen molar-refractivity contribution >= 4 is 22.8 Å². The van der Waals surface area contributed by atoms with Crippen LogP contribution in [0, 0.1) is 23.5 Å². The molecule has 1 fully saturated rings. The maximum atomic E-state index is 13.7. The monoisotopic (exact) mass is 421 g/mol. The summed E-state index contributed by atoms with van der Waals surface area (Å²) in [5.41, 5.74) is 6.10. The minimum atomic E-state index is -0.969. The van der Waals surface area contributed by atoms with Crippen LogP contribution < -0.4 is 11.1 Å². The van der Waals surface area contributed by atoms with Gasteiger partial charge in [-0.1, -0.05) is 13.8 Å². The second kappa shape index (κ2) is 9.51. The number of nitrogens with one attached hydrogen (secondary N) is 1. The molecule has 1 saturated heterocycles. The molecule has 2 unspecified atom stereocenters. The zero-order valence-corrected chi connectivity index (χ0v) is 17.4. The molecule has 3 N–H and O–H groups in total. The molecule has 0 aliphatic carbocycles. The lowest BCUT2D eigenvalue weighted by molar-refractivity contribution is -0.125. The molecule has 0 saturated carbocycles. The molecule has 1 aliphatic rings. The number of rotatable bonds is 8. The number of hydrogen-bond acceptors (Lipinski definition) is 4. The van der Waals surface area contributed by atoms with E-state index in [4.69, 9.17) is 5.73 Å². The number of aromatic nitrogens is 2. The minimum absolute atomic E-state index is 0.0751. The Kier molecular flexibility index (Phi) is 7.02. The second-order valence-electron chi connectivity index (χ2n) is 8.28. The molecule has 1 aromatic heterocycles. The number of carbonyl (C=O) groups is 2. The number of benzene rings is 1. The van der Waals surface area contributed by atoms with Crippen LogP contribution >= 0.6 is 0 Å². The lowest BCUT2D eigenvalue weighted by Gasteiger charge is -2.31. The lowest BCUT2D eigenvalue weighted by atomic mass is 9.97. The minimum Gasteiger partial charge on any atom is -0.369 e. The van der Waals surface area contributed by atoms with Crippen LogP contribution in [0.5, 0.6) is 0 Å². The number of nitrogens with two attached hydrogens (primary N) is 1. The summed E-state index contributed by atoms with van der Waals surface area (Å²) >= 11 is 0. The lowest BCUT2D eigenvalue weighted by Crippen LogP contribution is -2.42. The van der Waals surface area contributed by atoms with E-state index < -0.39 is 17.7 Å². The number of hydrogen-bond donors (Lipinski definition) is 2. The summed E-state index contributed by atoms with van der Waals surface area (Å²) in [4.78, 5) is 30.6. The number of fused-ring (bicyclic) bond motifs is 1. The van der Waals surface area contributed by atoms with E-state index in [-0.39, 0.29) is 23.7 Å². The summed E-state index contributed by atoms with van der Waals surface area (Å²) in [5, 5.41) is 2.94. The van der Waals surface area contributed by atoms with Crippen molar-refractivity contribution in [3.8, 4) is 0 Å². The fourth-order valence-electron chi connectivity index (χ4n) is 4.10. The van der Waals surface area contributed by atoms with E-state index in [2.05, 4.69) is 15.2 Å². The topological polar surface area (TPSA) is 93.3 Å². The van der Waals surface area contributed by atoms with E-state index in [0.29, 0.717) is 24.1 Å². The smallest absolute Gasteiger partial charge is 0.243 e. The van der Waals surface area contributed by atoms with Crippen molar-refractivity contribution in [1.29, 1.82) is 0 Å². The maximum absolute atomic E-state index is 13.7. The summed E-state index contributed by atoms with van der Waals surface area (Å²) in [7, 11) is 0. The van der Waals surface area contributed by atoms with Gasteiger partial charge < -0.3 is 20.5 Å². The van der Waals surface area contributed by atoms with Gasteiger partial charge in [-0.15, -0.1) is 0 Å². The first-order chi connectivity index (χ1) is 14.3. The molecule has 0 spiro atoms. The van der Waals surface area contributed by atoms with Gasteiger partial charge in [0.05, 0.1) is 23.3 Å². The fourth-order valence-corrected chi connectivity index (χ4v) is 4.10. The van der Waals surface area contributed by atoms with Gasteiger partial charge in [-0.3, -0.25) is 9.59 Å². The van der Waals surface area contributed by atoms with Crippen molar-refractivity contribution in [3.05, 3.63) is 30.1 Å². The summed E-state index contributed by atoms with van der Waals surface area (Å²) in [6.45, 7) is 6.64. The molecule has 2 amide bonds. The van der Waals surface area contributed by atoms with Crippen molar-refractivity contribution in [1.82, 2.24) is 19.8 Å². The normalized spacial score (nSPS) is 18.6. The van der Waals surface area contributed by atoms with Crippen molar-refractivity contribution in [2.45, 2.75) is 39.2 Å². The van der Waals surface area contributed by atoms with Gasteiger partial charge in [0.2, 0.25) is 11.8 Å². The average Bonchev–Trinajstić information content (AvgIpc) is 3.08. The van der Waals surface area contributed by atoms with E-state index in [9.17, 15) is 18.4 Å². The Labute approximate surface area is 174 Å². The summed E-state index contributed by atoms with van der Waals surface area (Å²) in [6, 6.07) is 1.52. The molecule has 2 atom stereocenters. The Balaban J connectivity index is 1.59. The highest BCUT2D eigenvalue weighted by Gasteiger charge is 2.27. The first kappa shape index (κ1) is 22.1. The van der Waals surface area contributed by atoms with Gasteiger partial charge in [-0.2, -0.15) is 0 Å². The molecule has 3 rings (SSSR count). The molecule has 0 radical (unpaired) electrons. The quantitative estimate of drug-likeness (QED) is 0.639. The number of piperidine rings is 1. The van der Waals surface area contributed by atoms with Crippen LogP contribution in [0.2, 0.25) is 0 Å². The Hall–Kier alpha value is -2.55. The first-order valence-electron chi connectivity index (χ1n) is 10.4. The van der Waals surface area contributed by atoms with Crippen molar-refractivity contribution < 1.29 is 18.4 Å². The van der Waals surface area contributed by atoms with Gasteiger partial charge in [0.25, 0.3) is 0 Å². The van der Waals surface area contributed by atoms with Gasteiger partial charge in [-0.25, -0.2) is 13.8 Å². The van der Waals surface area contributed by atoms with Crippen LogP contribution in [0.4, 0.5) is 8.78 Å². The largest absolute Gasteiger partial charge is 0.369 e. The van der Waals surface area contributed by atoms with E-state index in [1.54, 1.807) is 4.57 Å². The first-order valence-corrected chi connectivity index (χ1v) is 10.4. The second-order valence-corrected chi connectivity index (χ2v) is 8.28. The predicted molar refractivity (Wildman–Crippen MR) is 110 cm³/mol. The van der Waals surface area contributed by atoms with Gasteiger partial charge in [0.15, 0.2) is 11.6 Å². The van der Waals surface area contributed by atoms with Gasteiger partial charge in [-0.05, 0) is 38.3 Å². The molecule has 1 aliphatic heterocycles. The molecule has 164 valence electrons. The van der Waals surface area contributed by atoms with Crippen LogP contribution in [-0.2, 0) is 9.59 Å². The van der Waals surface area contributed by atoms with Crippen LogP contribution in [0.1, 0.15) is 39.2 Å². The fraction of sp³-hybridized carbons (Fsp3) is 0.571. The molecule has 1 aromatic carbocycles. The molecular weight excluding hydrogens is 392 g/mol. The molecular formula is C21H29F2N5O2. The third-order valence-corrected chi connectivity index (χ3v) is 5.67. The maximum Gasteiger partial charge on any atom is 0.243 e. The molecule has 7 nitrogen and oxygen atoms in total.